The van der Waals surface area contributed by atoms with Gasteiger partial charge in [-0.3, -0.25) is 4.79 Å². The Morgan fingerprint density at radius 1 is 0.677 bits per heavy atom. The van der Waals surface area contributed by atoms with E-state index >= 15 is 0 Å². The Morgan fingerprint density at radius 2 is 1.06 bits per heavy atom. The van der Waals surface area contributed by atoms with Crippen LogP contribution in [0.25, 0.3) is 0 Å². The normalized spacial score (nSPS) is 16.1. The highest BCUT2D eigenvalue weighted by Gasteiger charge is 2.90. The summed E-state index contributed by atoms with van der Waals surface area (Å²) in [7, 11) is 0. The van der Waals surface area contributed by atoms with E-state index in [1.165, 1.54) is 13.8 Å². The van der Waals surface area contributed by atoms with Crippen molar-refractivity contribution in [1.29, 1.82) is 0 Å². The van der Waals surface area contributed by atoms with Gasteiger partial charge in [-0.05, 0) is 11.8 Å². The maximum atomic E-state index is 14.0. The van der Waals surface area contributed by atoms with E-state index < -0.39 is 66.6 Å². The fourth-order valence-electron chi connectivity index (χ4n) is 2.15. The molecule has 0 aliphatic heterocycles. The van der Waals surface area contributed by atoms with Gasteiger partial charge in [0.15, 0.2) is 0 Å². The molecule has 0 radical (unpaired) electrons. The van der Waals surface area contributed by atoms with Crippen molar-refractivity contribution in [2.45, 2.75) is 69.9 Å². The smallest absolute Gasteiger partial charge is 0.460 e. The molecule has 0 heterocycles. The number of hydrogen-bond acceptors (Lipinski definition) is 2. The zero-order valence-corrected chi connectivity index (χ0v) is 16.4. The zero-order valence-electron chi connectivity index (χ0n) is 16.4. The highest BCUT2D eigenvalue weighted by Crippen LogP contribution is 2.61. The molecular formula is C16H19F13O2. The number of esters is 1. The first kappa shape index (κ1) is 29.6. The van der Waals surface area contributed by atoms with Crippen LogP contribution in [0.3, 0.4) is 0 Å². The van der Waals surface area contributed by atoms with Gasteiger partial charge in [-0.2, -0.15) is 57.1 Å². The van der Waals surface area contributed by atoms with Gasteiger partial charge in [0.2, 0.25) is 0 Å². The van der Waals surface area contributed by atoms with Crippen LogP contribution in [0, 0.1) is 17.8 Å². The van der Waals surface area contributed by atoms with Gasteiger partial charge in [-0.25, -0.2) is 0 Å². The molecule has 0 spiro atoms. The number of hydrogen-bond donors (Lipinski definition) is 0. The van der Waals surface area contributed by atoms with Crippen LogP contribution in [0.1, 0.15) is 34.1 Å². The third-order valence-corrected chi connectivity index (χ3v) is 4.14. The second kappa shape index (κ2) is 8.83. The minimum Gasteiger partial charge on any atom is -0.465 e. The third-order valence-electron chi connectivity index (χ3n) is 4.14. The van der Waals surface area contributed by atoms with Gasteiger partial charge in [0.25, 0.3) is 0 Å². The van der Waals surface area contributed by atoms with Gasteiger partial charge >= 0.3 is 41.8 Å². The van der Waals surface area contributed by atoms with Crippen LogP contribution in [0.4, 0.5) is 57.1 Å². The van der Waals surface area contributed by atoms with Crippen molar-refractivity contribution in [3.05, 3.63) is 0 Å². The third kappa shape index (κ3) is 5.32. The van der Waals surface area contributed by atoms with Crippen molar-refractivity contribution in [1.82, 2.24) is 0 Å². The molecular weight excluding hydrogens is 471 g/mol. The number of carbonyl (C=O) groups excluding carboxylic acids is 1. The van der Waals surface area contributed by atoms with Crippen LogP contribution in [0.2, 0.25) is 0 Å². The molecule has 2 nitrogen and oxygen atoms in total. The van der Waals surface area contributed by atoms with Crippen molar-refractivity contribution in [2.75, 3.05) is 6.61 Å². The molecule has 0 bridgehead atoms. The first-order chi connectivity index (χ1) is 13.4. The molecule has 31 heavy (non-hydrogen) atoms. The number of carbonyl (C=O) groups is 1. The number of rotatable bonds is 10. The zero-order chi connectivity index (χ0) is 25.4. The van der Waals surface area contributed by atoms with Gasteiger partial charge in [-0.15, -0.1) is 0 Å². The van der Waals surface area contributed by atoms with E-state index in [9.17, 15) is 61.9 Å². The maximum absolute atomic E-state index is 14.0. The topological polar surface area (TPSA) is 26.3 Å². The molecule has 0 fully saturated rings. The first-order valence-corrected chi connectivity index (χ1v) is 8.51. The molecule has 0 aromatic heterocycles. The van der Waals surface area contributed by atoms with Crippen molar-refractivity contribution in [3.8, 4) is 0 Å². The van der Waals surface area contributed by atoms with Gasteiger partial charge < -0.3 is 4.74 Å². The minimum atomic E-state index is -7.96. The van der Waals surface area contributed by atoms with Crippen LogP contribution >= 0.6 is 0 Å². The summed E-state index contributed by atoms with van der Waals surface area (Å²) in [6.45, 7) is 4.48. The molecule has 0 aliphatic rings. The fraction of sp³-hybridized carbons (Fsp3) is 0.938. The molecule has 186 valence electrons. The minimum absolute atomic E-state index is 0.383. The number of halogens is 13. The predicted octanol–water partition coefficient (Wildman–Crippen LogP) is 6.59. The standard InChI is InChI=1S/C16H19F13O2/c1-7(2)6-31-10(30)9(8(3)4)5-11(17,18)12(19,20)13(21,22)14(23,24)15(25,26)16(27,28)29/h7-9H,5-6H2,1-4H3. The van der Waals surface area contributed by atoms with Crippen molar-refractivity contribution in [3.63, 3.8) is 0 Å². The average molecular weight is 490 g/mol. The molecule has 1 unspecified atom stereocenters. The predicted molar refractivity (Wildman–Crippen MR) is 79.5 cm³/mol. The van der Waals surface area contributed by atoms with Gasteiger partial charge in [0.05, 0.1) is 12.5 Å². The SMILES string of the molecule is CC(C)COC(=O)C(CC(F)(F)C(F)(F)C(F)(F)C(F)(F)C(F)(F)C(F)(F)F)C(C)C. The molecule has 15 heteroatoms. The lowest BCUT2D eigenvalue weighted by atomic mass is 9.84. The summed E-state index contributed by atoms with van der Waals surface area (Å²) in [5.41, 5.74) is 0. The summed E-state index contributed by atoms with van der Waals surface area (Å²) >= 11 is 0. The Bertz CT molecular complexity index is 623. The molecule has 0 N–H and O–H groups in total. The largest absolute Gasteiger partial charge is 0.465 e. The summed E-state index contributed by atoms with van der Waals surface area (Å²) in [5, 5.41) is 0. The molecule has 0 aliphatic carbocycles. The lowest BCUT2D eigenvalue weighted by molar-refractivity contribution is -0.440. The van der Waals surface area contributed by atoms with Crippen molar-refractivity contribution in [2.24, 2.45) is 17.8 Å². The number of ether oxygens (including phenoxy) is 1. The summed E-state index contributed by atoms with van der Waals surface area (Å²) in [6, 6.07) is 0. The van der Waals surface area contributed by atoms with Crippen LogP contribution in [0.5, 0.6) is 0 Å². The Hall–Kier alpha value is -1.44. The van der Waals surface area contributed by atoms with Crippen LogP contribution in [0.15, 0.2) is 0 Å². The van der Waals surface area contributed by atoms with E-state index in [0.717, 1.165) is 13.8 Å². The Morgan fingerprint density at radius 3 is 1.39 bits per heavy atom. The van der Waals surface area contributed by atoms with E-state index in [-0.39, 0.29) is 5.92 Å². The van der Waals surface area contributed by atoms with E-state index in [1.807, 2.05) is 0 Å². The summed E-state index contributed by atoms with van der Waals surface area (Å²) in [6.07, 6.45) is -10.1. The molecule has 0 amide bonds. The van der Waals surface area contributed by atoms with Crippen molar-refractivity contribution >= 4 is 5.97 Å². The lowest BCUT2D eigenvalue weighted by Crippen LogP contribution is -2.70. The molecule has 0 aromatic carbocycles. The van der Waals surface area contributed by atoms with E-state index in [2.05, 4.69) is 4.74 Å². The van der Waals surface area contributed by atoms with Crippen LogP contribution in [-0.2, 0) is 9.53 Å². The molecule has 0 rings (SSSR count). The van der Waals surface area contributed by atoms with Crippen molar-refractivity contribution < 1.29 is 66.6 Å². The fourth-order valence-corrected chi connectivity index (χ4v) is 2.15. The van der Waals surface area contributed by atoms with E-state index in [0.29, 0.717) is 0 Å². The Labute approximate surface area is 168 Å². The van der Waals surface area contributed by atoms with Gasteiger partial charge in [0, 0.05) is 6.42 Å². The monoisotopic (exact) mass is 490 g/mol. The number of alkyl halides is 13. The summed E-state index contributed by atoms with van der Waals surface area (Å²) < 4.78 is 175. The maximum Gasteiger partial charge on any atom is 0.460 e. The summed E-state index contributed by atoms with van der Waals surface area (Å²) in [5.74, 6) is -42.9. The van der Waals surface area contributed by atoms with E-state index in [4.69, 9.17) is 0 Å². The van der Waals surface area contributed by atoms with Crippen LogP contribution < -0.4 is 0 Å². The second-order valence-corrected chi connectivity index (χ2v) is 7.58. The van der Waals surface area contributed by atoms with Gasteiger partial charge in [0.1, 0.15) is 0 Å². The highest BCUT2D eigenvalue weighted by atomic mass is 19.4. The first-order valence-electron chi connectivity index (χ1n) is 8.51. The summed E-state index contributed by atoms with van der Waals surface area (Å²) in [4.78, 5) is 11.8. The Kier molecular flexibility index (Phi) is 8.42. The highest BCUT2D eigenvalue weighted by molar-refractivity contribution is 5.72. The van der Waals surface area contributed by atoms with Gasteiger partial charge in [-0.1, -0.05) is 27.7 Å². The molecule has 1 atom stereocenters. The molecule has 0 saturated heterocycles. The quantitative estimate of drug-likeness (QED) is 0.255. The molecule has 0 aromatic rings. The second-order valence-electron chi connectivity index (χ2n) is 7.58. The Balaban J connectivity index is 6.17. The van der Waals surface area contributed by atoms with Crippen LogP contribution in [-0.4, -0.2) is 48.4 Å². The lowest BCUT2D eigenvalue weighted by Gasteiger charge is -2.40. The molecule has 0 saturated carbocycles. The average Bonchev–Trinajstić information content (AvgIpc) is 2.55. The van der Waals surface area contributed by atoms with E-state index in [1.54, 1.807) is 0 Å².